The van der Waals surface area contributed by atoms with Crippen molar-refractivity contribution in [3.05, 3.63) is 29.3 Å². The van der Waals surface area contributed by atoms with Gasteiger partial charge in [0.2, 0.25) is 0 Å². The van der Waals surface area contributed by atoms with E-state index in [1.54, 1.807) is 11.8 Å². The second-order valence-corrected chi connectivity index (χ2v) is 5.23. The summed E-state index contributed by atoms with van der Waals surface area (Å²) in [5.41, 5.74) is 4.81. The fourth-order valence-corrected chi connectivity index (χ4v) is 2.50. The SMILES string of the molecule is Cc1ccc(NN)c(C(=O)N2CCC(C(C)O)C2)c1. The van der Waals surface area contributed by atoms with Crippen LogP contribution >= 0.6 is 0 Å². The molecule has 0 aromatic heterocycles. The van der Waals surface area contributed by atoms with Crippen molar-refractivity contribution in [2.45, 2.75) is 26.4 Å². The molecule has 1 aromatic carbocycles. The second-order valence-electron chi connectivity index (χ2n) is 5.23. The van der Waals surface area contributed by atoms with Crippen LogP contribution in [0.25, 0.3) is 0 Å². The Morgan fingerprint density at radius 2 is 2.32 bits per heavy atom. The zero-order valence-corrected chi connectivity index (χ0v) is 11.4. The van der Waals surface area contributed by atoms with Crippen molar-refractivity contribution in [1.29, 1.82) is 0 Å². The summed E-state index contributed by atoms with van der Waals surface area (Å²) in [4.78, 5) is 14.3. The van der Waals surface area contributed by atoms with Crippen LogP contribution in [0.3, 0.4) is 0 Å². The lowest BCUT2D eigenvalue weighted by atomic mass is 10.0. The number of rotatable bonds is 3. The number of nitrogens with zero attached hydrogens (tertiary/aromatic N) is 1. The number of hydrazine groups is 1. The maximum absolute atomic E-state index is 12.5. The van der Waals surface area contributed by atoms with Crippen molar-refractivity contribution in [2.75, 3.05) is 18.5 Å². The fourth-order valence-electron chi connectivity index (χ4n) is 2.50. The molecule has 5 nitrogen and oxygen atoms in total. The number of aliphatic hydroxyl groups excluding tert-OH is 1. The van der Waals surface area contributed by atoms with Gasteiger partial charge in [-0.15, -0.1) is 0 Å². The first kappa shape index (κ1) is 13.8. The van der Waals surface area contributed by atoms with Crippen LogP contribution in [0.15, 0.2) is 18.2 Å². The van der Waals surface area contributed by atoms with Gasteiger partial charge in [0.1, 0.15) is 0 Å². The van der Waals surface area contributed by atoms with Crippen LogP contribution in [0.5, 0.6) is 0 Å². The smallest absolute Gasteiger partial charge is 0.256 e. The summed E-state index contributed by atoms with van der Waals surface area (Å²) in [6, 6.07) is 5.56. The number of hydrogen-bond acceptors (Lipinski definition) is 4. The van der Waals surface area contributed by atoms with Gasteiger partial charge in [-0.3, -0.25) is 10.6 Å². The molecule has 2 rings (SSSR count). The summed E-state index contributed by atoms with van der Waals surface area (Å²) >= 11 is 0. The molecule has 4 N–H and O–H groups in total. The van der Waals surface area contributed by atoms with Crippen LogP contribution in [0.4, 0.5) is 5.69 Å². The lowest BCUT2D eigenvalue weighted by molar-refractivity contribution is 0.0763. The number of nitrogen functional groups attached to an aromatic ring is 1. The van der Waals surface area contributed by atoms with Gasteiger partial charge < -0.3 is 15.4 Å². The highest BCUT2D eigenvalue weighted by atomic mass is 16.3. The van der Waals surface area contributed by atoms with E-state index in [0.29, 0.717) is 24.3 Å². The zero-order chi connectivity index (χ0) is 14.0. The number of carbonyl (C=O) groups excluding carboxylic acids is 1. The quantitative estimate of drug-likeness (QED) is 0.564. The number of aliphatic hydroxyl groups is 1. The Kier molecular flexibility index (Phi) is 4.07. The molecule has 0 bridgehead atoms. The molecular formula is C14H21N3O2. The van der Waals surface area contributed by atoms with Crippen LogP contribution in [-0.4, -0.2) is 35.1 Å². The Bertz CT molecular complexity index is 474. The molecule has 1 aliphatic heterocycles. The third-order valence-corrected chi connectivity index (χ3v) is 3.76. The van der Waals surface area contributed by atoms with Gasteiger partial charge in [0.15, 0.2) is 0 Å². The average Bonchev–Trinajstić information content (AvgIpc) is 2.87. The number of amides is 1. The van der Waals surface area contributed by atoms with Crippen molar-refractivity contribution in [3.8, 4) is 0 Å². The van der Waals surface area contributed by atoms with Gasteiger partial charge in [0, 0.05) is 19.0 Å². The number of nitrogens with two attached hydrogens (primary N) is 1. The molecule has 104 valence electrons. The van der Waals surface area contributed by atoms with Gasteiger partial charge in [-0.25, -0.2) is 0 Å². The Morgan fingerprint density at radius 1 is 1.58 bits per heavy atom. The number of likely N-dealkylation sites (tertiary alicyclic amines) is 1. The number of hydrogen-bond donors (Lipinski definition) is 3. The zero-order valence-electron chi connectivity index (χ0n) is 11.4. The molecule has 0 radical (unpaired) electrons. The third-order valence-electron chi connectivity index (χ3n) is 3.76. The normalized spacial score (nSPS) is 20.4. The van der Waals surface area contributed by atoms with E-state index < -0.39 is 0 Å². The molecule has 1 amide bonds. The second kappa shape index (κ2) is 5.59. The first-order valence-corrected chi connectivity index (χ1v) is 6.57. The van der Waals surface area contributed by atoms with Gasteiger partial charge in [-0.05, 0) is 32.4 Å². The topological polar surface area (TPSA) is 78.6 Å². The molecule has 1 aliphatic rings. The van der Waals surface area contributed by atoms with Crippen molar-refractivity contribution >= 4 is 11.6 Å². The Morgan fingerprint density at radius 3 is 2.89 bits per heavy atom. The predicted octanol–water partition coefficient (Wildman–Crippen LogP) is 1.12. The molecule has 19 heavy (non-hydrogen) atoms. The molecular weight excluding hydrogens is 242 g/mol. The van der Waals surface area contributed by atoms with E-state index in [9.17, 15) is 9.90 Å². The predicted molar refractivity (Wildman–Crippen MR) is 74.7 cm³/mol. The van der Waals surface area contributed by atoms with E-state index in [-0.39, 0.29) is 17.9 Å². The molecule has 1 aromatic rings. The molecule has 0 spiro atoms. The summed E-state index contributed by atoms with van der Waals surface area (Å²) in [5.74, 6) is 5.59. The lowest BCUT2D eigenvalue weighted by Crippen LogP contribution is -2.31. The van der Waals surface area contributed by atoms with Crippen LogP contribution < -0.4 is 11.3 Å². The van der Waals surface area contributed by atoms with Crippen molar-refractivity contribution in [2.24, 2.45) is 11.8 Å². The number of aryl methyl sites for hydroxylation is 1. The third kappa shape index (κ3) is 2.88. The molecule has 1 fully saturated rings. The maximum atomic E-state index is 12.5. The molecule has 2 atom stereocenters. The molecule has 1 heterocycles. The summed E-state index contributed by atoms with van der Waals surface area (Å²) in [5, 5.41) is 9.60. The van der Waals surface area contributed by atoms with E-state index >= 15 is 0 Å². The first-order valence-electron chi connectivity index (χ1n) is 6.57. The standard InChI is InChI=1S/C14H21N3O2/c1-9-3-4-13(16-15)12(7-9)14(19)17-6-5-11(8-17)10(2)18/h3-4,7,10-11,16,18H,5-6,8,15H2,1-2H3. The van der Waals surface area contributed by atoms with Gasteiger partial charge in [0.05, 0.1) is 17.4 Å². The minimum atomic E-state index is -0.373. The van der Waals surface area contributed by atoms with Gasteiger partial charge in [-0.2, -0.15) is 0 Å². The highest BCUT2D eigenvalue weighted by molar-refractivity contribution is 5.99. The van der Waals surface area contributed by atoms with E-state index in [0.717, 1.165) is 12.0 Å². The van der Waals surface area contributed by atoms with Crippen LogP contribution in [0.1, 0.15) is 29.3 Å². The molecule has 0 saturated carbocycles. The first-order chi connectivity index (χ1) is 9.02. The maximum Gasteiger partial charge on any atom is 0.256 e. The van der Waals surface area contributed by atoms with Crippen molar-refractivity contribution < 1.29 is 9.90 Å². The van der Waals surface area contributed by atoms with Gasteiger partial charge in [0.25, 0.3) is 5.91 Å². The minimum absolute atomic E-state index is 0.0280. The number of nitrogens with one attached hydrogen (secondary N) is 1. The minimum Gasteiger partial charge on any atom is -0.393 e. The Hall–Kier alpha value is -1.59. The number of anilines is 1. The molecule has 2 unspecified atom stereocenters. The van der Waals surface area contributed by atoms with Gasteiger partial charge >= 0.3 is 0 Å². The molecule has 1 saturated heterocycles. The van der Waals surface area contributed by atoms with Gasteiger partial charge in [-0.1, -0.05) is 11.6 Å². The number of carbonyl (C=O) groups is 1. The fraction of sp³-hybridized carbons (Fsp3) is 0.500. The summed E-state index contributed by atoms with van der Waals surface area (Å²) in [7, 11) is 0. The van der Waals surface area contributed by atoms with E-state index in [1.165, 1.54) is 0 Å². The summed E-state index contributed by atoms with van der Waals surface area (Å²) < 4.78 is 0. The van der Waals surface area contributed by atoms with E-state index in [2.05, 4.69) is 5.43 Å². The Labute approximate surface area is 113 Å². The molecule has 5 heteroatoms. The summed E-state index contributed by atoms with van der Waals surface area (Å²) in [6.45, 7) is 5.01. The van der Waals surface area contributed by atoms with Crippen LogP contribution in [0.2, 0.25) is 0 Å². The molecule has 0 aliphatic carbocycles. The van der Waals surface area contributed by atoms with Crippen LogP contribution in [-0.2, 0) is 0 Å². The van der Waals surface area contributed by atoms with Crippen LogP contribution in [0, 0.1) is 12.8 Å². The van der Waals surface area contributed by atoms with E-state index in [4.69, 9.17) is 5.84 Å². The largest absolute Gasteiger partial charge is 0.393 e. The summed E-state index contributed by atoms with van der Waals surface area (Å²) in [6.07, 6.45) is 0.475. The lowest BCUT2D eigenvalue weighted by Gasteiger charge is -2.19. The van der Waals surface area contributed by atoms with Crippen molar-refractivity contribution in [1.82, 2.24) is 4.90 Å². The highest BCUT2D eigenvalue weighted by Crippen LogP contribution is 2.24. The monoisotopic (exact) mass is 263 g/mol. The van der Waals surface area contributed by atoms with Crippen molar-refractivity contribution in [3.63, 3.8) is 0 Å². The Balaban J connectivity index is 2.19. The number of benzene rings is 1. The van der Waals surface area contributed by atoms with E-state index in [1.807, 2.05) is 25.1 Å². The average molecular weight is 263 g/mol. The highest BCUT2D eigenvalue weighted by Gasteiger charge is 2.30.